The number of rotatable bonds is 3. The molecule has 0 atom stereocenters. The molecule has 0 fully saturated rings. The van der Waals surface area contributed by atoms with Gasteiger partial charge < -0.3 is 5.32 Å². The molecule has 0 saturated heterocycles. The van der Waals surface area contributed by atoms with Crippen molar-refractivity contribution in [3.8, 4) is 6.07 Å². The molecule has 0 bridgehead atoms. The van der Waals surface area contributed by atoms with E-state index < -0.39 is 0 Å². The van der Waals surface area contributed by atoms with Crippen molar-refractivity contribution in [2.75, 3.05) is 5.32 Å². The fourth-order valence-electron chi connectivity index (χ4n) is 1.88. The molecule has 0 spiro atoms. The molecule has 2 aromatic carbocycles. The maximum Gasteiger partial charge on any atom is 0.129 e. The van der Waals surface area contributed by atoms with Gasteiger partial charge in [0.15, 0.2) is 0 Å². The zero-order chi connectivity index (χ0) is 13.9. The van der Waals surface area contributed by atoms with Crippen LogP contribution in [0.4, 0.5) is 5.69 Å². The van der Waals surface area contributed by atoms with Crippen LogP contribution in [0.1, 0.15) is 11.1 Å². The lowest BCUT2D eigenvalue weighted by molar-refractivity contribution is 1.15. The van der Waals surface area contributed by atoms with Gasteiger partial charge in [-0.05, 0) is 29.8 Å². The minimum atomic E-state index is 0.613. The lowest BCUT2D eigenvalue weighted by Gasteiger charge is -2.08. The van der Waals surface area contributed by atoms with Crippen molar-refractivity contribution in [1.29, 1.82) is 5.26 Å². The van der Waals surface area contributed by atoms with E-state index in [0.29, 0.717) is 17.1 Å². The van der Waals surface area contributed by atoms with E-state index in [1.54, 1.807) is 12.1 Å². The van der Waals surface area contributed by atoms with Gasteiger partial charge in [0.25, 0.3) is 0 Å². The lowest BCUT2D eigenvalue weighted by Crippen LogP contribution is -2.00. The van der Waals surface area contributed by atoms with Crippen LogP contribution in [0.3, 0.4) is 0 Å². The molecule has 6 heteroatoms. The van der Waals surface area contributed by atoms with E-state index >= 15 is 0 Å². The van der Waals surface area contributed by atoms with Gasteiger partial charge in [-0.15, -0.1) is 0 Å². The van der Waals surface area contributed by atoms with Crippen molar-refractivity contribution in [1.82, 2.24) is 8.75 Å². The molecule has 1 N–H and O–H groups in total. The molecule has 0 aliphatic carbocycles. The summed E-state index contributed by atoms with van der Waals surface area (Å²) in [5, 5.41) is 12.7. The highest BCUT2D eigenvalue weighted by molar-refractivity contribution is 7.00. The molecule has 3 rings (SSSR count). The van der Waals surface area contributed by atoms with Crippen molar-refractivity contribution in [2.45, 2.75) is 6.54 Å². The van der Waals surface area contributed by atoms with E-state index in [1.807, 2.05) is 24.3 Å². The zero-order valence-corrected chi connectivity index (χ0v) is 11.9. The van der Waals surface area contributed by atoms with Crippen molar-refractivity contribution in [3.05, 3.63) is 52.5 Å². The number of nitrogens with one attached hydrogen (secondary N) is 1. The van der Waals surface area contributed by atoms with Crippen LogP contribution in [0, 0.1) is 11.3 Å². The number of hydrogen-bond donors (Lipinski definition) is 1. The first-order valence-corrected chi connectivity index (χ1v) is 7.02. The van der Waals surface area contributed by atoms with Gasteiger partial charge >= 0.3 is 0 Å². The highest BCUT2D eigenvalue weighted by Gasteiger charge is 2.09. The third-order valence-corrected chi connectivity index (χ3v) is 3.79. The van der Waals surface area contributed by atoms with E-state index in [1.165, 1.54) is 11.7 Å². The van der Waals surface area contributed by atoms with Crippen molar-refractivity contribution >= 4 is 40.0 Å². The van der Waals surface area contributed by atoms with Gasteiger partial charge in [-0.1, -0.05) is 23.7 Å². The predicted molar refractivity (Wildman–Crippen MR) is 80.9 cm³/mol. The van der Waals surface area contributed by atoms with Crippen molar-refractivity contribution < 1.29 is 0 Å². The van der Waals surface area contributed by atoms with Crippen molar-refractivity contribution in [2.24, 2.45) is 0 Å². The van der Waals surface area contributed by atoms with Gasteiger partial charge in [0.2, 0.25) is 0 Å². The average Bonchev–Trinajstić information content (AvgIpc) is 2.95. The van der Waals surface area contributed by atoms with E-state index in [2.05, 4.69) is 20.1 Å². The Morgan fingerprint density at radius 3 is 2.70 bits per heavy atom. The molecule has 98 valence electrons. The van der Waals surface area contributed by atoms with Gasteiger partial charge in [0.05, 0.1) is 34.1 Å². The van der Waals surface area contributed by atoms with Crippen LogP contribution in [0.2, 0.25) is 5.02 Å². The summed E-state index contributed by atoms with van der Waals surface area (Å²) in [7, 11) is 0. The summed E-state index contributed by atoms with van der Waals surface area (Å²) in [4.78, 5) is 0. The number of anilines is 1. The molecular formula is C14H9ClN4S. The first-order valence-electron chi connectivity index (χ1n) is 5.91. The number of aromatic nitrogens is 2. The van der Waals surface area contributed by atoms with Crippen LogP contribution in [-0.4, -0.2) is 8.75 Å². The summed E-state index contributed by atoms with van der Waals surface area (Å²) in [6, 6.07) is 13.2. The summed E-state index contributed by atoms with van der Waals surface area (Å²) in [6.07, 6.45) is 0. The number of nitrogens with zero attached hydrogens (tertiary/aromatic N) is 3. The second kappa shape index (κ2) is 5.45. The van der Waals surface area contributed by atoms with Gasteiger partial charge in [-0.3, -0.25) is 0 Å². The van der Waals surface area contributed by atoms with Crippen LogP contribution in [-0.2, 0) is 6.54 Å². The fraction of sp³-hybridized carbons (Fsp3) is 0.0714. The number of nitriles is 1. The first-order chi connectivity index (χ1) is 9.78. The number of halogens is 1. The van der Waals surface area contributed by atoms with Crippen LogP contribution in [0.15, 0.2) is 36.4 Å². The smallest absolute Gasteiger partial charge is 0.129 e. The fourth-order valence-corrected chi connectivity index (χ4v) is 2.64. The topological polar surface area (TPSA) is 61.6 Å². The summed E-state index contributed by atoms with van der Waals surface area (Å²) in [5.74, 6) is 0. The second-order valence-corrected chi connectivity index (χ2v) is 5.15. The highest BCUT2D eigenvalue weighted by atomic mass is 35.5. The standard InChI is InChI=1S/C14H9ClN4S/c15-11-5-6-12-14(19-20-18-12)13(11)17-8-10-3-1-9(7-16)2-4-10/h1-6,17H,8H2. The van der Waals surface area contributed by atoms with E-state index in [4.69, 9.17) is 16.9 Å². The number of benzene rings is 2. The van der Waals surface area contributed by atoms with Crippen LogP contribution < -0.4 is 5.32 Å². The Morgan fingerprint density at radius 1 is 1.15 bits per heavy atom. The first kappa shape index (κ1) is 12.9. The Labute approximate surface area is 125 Å². The largest absolute Gasteiger partial charge is 0.378 e. The molecule has 1 heterocycles. The molecule has 0 unspecified atom stereocenters. The lowest BCUT2D eigenvalue weighted by atomic mass is 10.1. The molecule has 3 aromatic rings. The summed E-state index contributed by atoms with van der Waals surface area (Å²) < 4.78 is 8.45. The minimum Gasteiger partial charge on any atom is -0.378 e. The Bertz CT molecular complexity index is 789. The van der Waals surface area contributed by atoms with E-state index in [-0.39, 0.29) is 0 Å². The molecule has 0 aliphatic rings. The molecule has 4 nitrogen and oxygen atoms in total. The summed E-state index contributed by atoms with van der Waals surface area (Å²) in [6.45, 7) is 0.613. The molecule has 0 saturated carbocycles. The van der Waals surface area contributed by atoms with Gasteiger partial charge in [0.1, 0.15) is 11.0 Å². The van der Waals surface area contributed by atoms with Gasteiger partial charge in [-0.2, -0.15) is 14.0 Å². The SMILES string of the molecule is N#Cc1ccc(CNc2c(Cl)ccc3nsnc23)cc1. The Morgan fingerprint density at radius 2 is 1.95 bits per heavy atom. The summed E-state index contributed by atoms with van der Waals surface area (Å²) in [5.41, 5.74) is 4.14. The third-order valence-electron chi connectivity index (χ3n) is 2.93. The van der Waals surface area contributed by atoms with Crippen LogP contribution in [0.25, 0.3) is 11.0 Å². The monoisotopic (exact) mass is 300 g/mol. The third kappa shape index (κ3) is 2.44. The average molecular weight is 301 g/mol. The van der Waals surface area contributed by atoms with Gasteiger partial charge in [0, 0.05) is 6.54 Å². The maximum atomic E-state index is 8.77. The molecule has 0 amide bonds. The Balaban J connectivity index is 1.84. The predicted octanol–water partition coefficient (Wildman–Crippen LogP) is 3.83. The van der Waals surface area contributed by atoms with Crippen LogP contribution in [0.5, 0.6) is 0 Å². The summed E-state index contributed by atoms with van der Waals surface area (Å²) >= 11 is 7.37. The zero-order valence-electron chi connectivity index (χ0n) is 10.3. The van der Waals surface area contributed by atoms with Crippen molar-refractivity contribution in [3.63, 3.8) is 0 Å². The van der Waals surface area contributed by atoms with Gasteiger partial charge in [-0.25, -0.2) is 0 Å². The quantitative estimate of drug-likeness (QED) is 0.798. The minimum absolute atomic E-state index is 0.613. The molecule has 0 radical (unpaired) electrons. The Hall–Kier alpha value is -2.16. The number of fused-ring (bicyclic) bond motifs is 1. The highest BCUT2D eigenvalue weighted by Crippen LogP contribution is 2.30. The van der Waals surface area contributed by atoms with Crippen LogP contribution >= 0.6 is 23.3 Å². The molecule has 0 aliphatic heterocycles. The van der Waals surface area contributed by atoms with E-state index in [9.17, 15) is 0 Å². The molecule has 20 heavy (non-hydrogen) atoms. The Kier molecular flexibility index (Phi) is 3.50. The maximum absolute atomic E-state index is 8.77. The number of hydrogen-bond acceptors (Lipinski definition) is 5. The molecular weight excluding hydrogens is 292 g/mol. The van der Waals surface area contributed by atoms with E-state index in [0.717, 1.165) is 22.3 Å². The second-order valence-electron chi connectivity index (χ2n) is 4.22. The normalized spacial score (nSPS) is 10.4. The molecule has 1 aromatic heterocycles.